The number of carbonyl (C=O) groups excluding carboxylic acids is 1. The molecule has 0 bridgehead atoms. The Morgan fingerprint density at radius 2 is 1.67 bits per heavy atom. The molecule has 2 aliphatic heterocycles. The molecule has 254 valence electrons. The van der Waals surface area contributed by atoms with E-state index in [1.54, 1.807) is 11.8 Å². The van der Waals surface area contributed by atoms with Gasteiger partial charge < -0.3 is 29.9 Å². The molecule has 2 fully saturated rings. The van der Waals surface area contributed by atoms with Crippen LogP contribution in [0.4, 0.5) is 32.0 Å². The van der Waals surface area contributed by atoms with Crippen LogP contribution in [0.1, 0.15) is 58.2 Å². The molecule has 2 aromatic rings. The van der Waals surface area contributed by atoms with Gasteiger partial charge in [-0.1, -0.05) is 55.0 Å². The summed E-state index contributed by atoms with van der Waals surface area (Å²) < 4.78 is 87.1. The molecule has 46 heavy (non-hydrogen) atoms. The van der Waals surface area contributed by atoms with E-state index in [-0.39, 0.29) is 36.2 Å². The van der Waals surface area contributed by atoms with E-state index in [9.17, 15) is 36.2 Å². The third-order valence-electron chi connectivity index (χ3n) is 8.59. The first-order chi connectivity index (χ1) is 21.3. The van der Waals surface area contributed by atoms with E-state index >= 15 is 0 Å². The summed E-state index contributed by atoms with van der Waals surface area (Å²) in [6, 6.07) is 9.74. The molecule has 2 aliphatic rings. The Bertz CT molecular complexity index is 1400. The number of nitrogens with zero attached hydrogens (tertiary/aromatic N) is 4. The summed E-state index contributed by atoms with van der Waals surface area (Å²) >= 11 is 0. The minimum atomic E-state index is -5.99. The molecular formula is C33H41F6N4O3-. The fourth-order valence-electron chi connectivity index (χ4n) is 6.18. The molecule has 0 aliphatic carbocycles. The molecule has 7 nitrogen and oxygen atoms in total. The third kappa shape index (κ3) is 7.01. The van der Waals surface area contributed by atoms with Crippen LogP contribution in [0.2, 0.25) is 0 Å². The molecule has 0 saturated carbocycles. The van der Waals surface area contributed by atoms with Crippen LogP contribution in [-0.4, -0.2) is 84.2 Å². The van der Waals surface area contributed by atoms with Crippen molar-refractivity contribution in [2.75, 3.05) is 37.7 Å². The number of alkyl halides is 6. The van der Waals surface area contributed by atoms with Gasteiger partial charge in [-0.3, -0.25) is 4.79 Å². The summed E-state index contributed by atoms with van der Waals surface area (Å²) in [7, 11) is 0. The van der Waals surface area contributed by atoms with E-state index < -0.39 is 29.1 Å². The average molecular weight is 656 g/mol. The third-order valence-corrected chi connectivity index (χ3v) is 8.59. The summed E-state index contributed by atoms with van der Waals surface area (Å²) in [5, 5.41) is 14.8. The van der Waals surface area contributed by atoms with E-state index in [1.165, 1.54) is 18.2 Å². The van der Waals surface area contributed by atoms with Gasteiger partial charge in [0.2, 0.25) is 5.91 Å². The van der Waals surface area contributed by atoms with Crippen LogP contribution < -0.4 is 9.64 Å². The Labute approximate surface area is 265 Å². The van der Waals surface area contributed by atoms with Gasteiger partial charge >= 0.3 is 12.4 Å². The molecular weight excluding hydrogens is 614 g/mol. The van der Waals surface area contributed by atoms with Crippen LogP contribution in [0.5, 0.6) is 5.75 Å². The van der Waals surface area contributed by atoms with Crippen molar-refractivity contribution in [3.63, 3.8) is 0 Å². The number of piperazine rings is 1. The van der Waals surface area contributed by atoms with Gasteiger partial charge in [-0.2, -0.15) is 26.3 Å². The van der Waals surface area contributed by atoms with Gasteiger partial charge in [0.1, 0.15) is 5.75 Å². The number of carbonyl (C=O) groups is 1. The monoisotopic (exact) mass is 655 g/mol. The fourth-order valence-corrected chi connectivity index (χ4v) is 6.18. The first-order valence-electron chi connectivity index (χ1n) is 15.2. The molecule has 0 aromatic heterocycles. The fraction of sp³-hybridized carbons (Fsp3) is 0.545. The maximum Gasteiger partial charge on any atom is 0.430 e. The lowest BCUT2D eigenvalue weighted by Crippen LogP contribution is -2.59. The van der Waals surface area contributed by atoms with Gasteiger partial charge in [0.05, 0.1) is 12.6 Å². The van der Waals surface area contributed by atoms with E-state index in [2.05, 4.69) is 0 Å². The Balaban J connectivity index is 1.47. The van der Waals surface area contributed by atoms with Gasteiger partial charge in [0.15, 0.2) is 0 Å². The Morgan fingerprint density at radius 1 is 1.04 bits per heavy atom. The standard InChI is InChI=1S/C33H41F6N4O3/c1-7-8-24-15-26(31(45,32(34,35)36)33(37,38)39)11-14-28(24)42-16-23(5)43(17-22(42)4)29(44)18-41-19-30(6,40-20-41)25-9-12-27(13-10-25)46-21(2)3/h7-15,21-23,45H,16-20H2,1-6H3/q-1/b8-7-/t22?,23-,30-/m0/s1. The summed E-state index contributed by atoms with van der Waals surface area (Å²) in [5.41, 5.74) is -5.33. The normalized spacial score (nSPS) is 23.5. The van der Waals surface area contributed by atoms with Crippen molar-refractivity contribution in [2.24, 2.45) is 0 Å². The maximum atomic E-state index is 13.6. The molecule has 0 radical (unpaired) electrons. The predicted octanol–water partition coefficient (Wildman–Crippen LogP) is 6.81. The molecule has 2 heterocycles. The molecule has 3 atom stereocenters. The van der Waals surface area contributed by atoms with Gasteiger partial charge in [0, 0.05) is 36.4 Å². The number of hydrogen-bond donors (Lipinski definition) is 1. The second-order valence-electron chi connectivity index (χ2n) is 12.6. The quantitative estimate of drug-likeness (QED) is 0.317. The minimum Gasteiger partial charge on any atom is -0.640 e. The number of anilines is 1. The number of rotatable bonds is 8. The zero-order valence-corrected chi connectivity index (χ0v) is 26.8. The van der Waals surface area contributed by atoms with Crippen LogP contribution in [0.25, 0.3) is 11.4 Å². The molecule has 0 spiro atoms. The highest BCUT2D eigenvalue weighted by molar-refractivity contribution is 5.79. The summed E-state index contributed by atoms with van der Waals surface area (Å²) in [6.45, 7) is 12.9. The zero-order valence-electron chi connectivity index (χ0n) is 26.8. The first kappa shape index (κ1) is 35.6. The predicted molar refractivity (Wildman–Crippen MR) is 164 cm³/mol. The van der Waals surface area contributed by atoms with Crippen molar-refractivity contribution in [3.8, 4) is 5.75 Å². The number of halogens is 6. The number of amides is 1. The van der Waals surface area contributed by atoms with Crippen molar-refractivity contribution in [2.45, 2.75) is 83.2 Å². The molecule has 2 saturated heterocycles. The van der Waals surface area contributed by atoms with Crippen molar-refractivity contribution in [1.82, 2.24) is 9.80 Å². The van der Waals surface area contributed by atoms with Gasteiger partial charge in [-0.25, -0.2) is 0 Å². The summed E-state index contributed by atoms with van der Waals surface area (Å²) in [4.78, 5) is 19.1. The highest BCUT2D eigenvalue weighted by Crippen LogP contribution is 2.50. The summed E-state index contributed by atoms with van der Waals surface area (Å²) in [5.74, 6) is 0.677. The minimum absolute atomic E-state index is 0.0601. The van der Waals surface area contributed by atoms with Crippen LogP contribution >= 0.6 is 0 Å². The highest BCUT2D eigenvalue weighted by atomic mass is 19.4. The summed E-state index contributed by atoms with van der Waals surface area (Å²) in [6.07, 6.45) is -9.01. The molecule has 1 amide bonds. The van der Waals surface area contributed by atoms with Crippen LogP contribution in [-0.2, 0) is 15.9 Å². The zero-order chi connectivity index (χ0) is 34.2. The van der Waals surface area contributed by atoms with Crippen molar-refractivity contribution in [3.05, 3.63) is 70.5 Å². The molecule has 13 heteroatoms. The van der Waals surface area contributed by atoms with Gasteiger partial charge in [-0.05, 0) is 71.0 Å². The number of aliphatic hydroxyl groups is 1. The Kier molecular flexibility index (Phi) is 10.1. The highest BCUT2D eigenvalue weighted by Gasteiger charge is 2.71. The van der Waals surface area contributed by atoms with E-state index in [0.717, 1.165) is 17.4 Å². The molecule has 1 N–H and O–H groups in total. The topological polar surface area (TPSA) is 70.4 Å². The number of ether oxygens (including phenoxy) is 1. The van der Waals surface area contributed by atoms with Crippen LogP contribution in [0.15, 0.2) is 48.5 Å². The number of hydrogen-bond acceptors (Lipinski definition) is 5. The van der Waals surface area contributed by atoms with Gasteiger partial charge in [0.25, 0.3) is 5.60 Å². The first-order valence-corrected chi connectivity index (χ1v) is 15.2. The second-order valence-corrected chi connectivity index (χ2v) is 12.6. The Morgan fingerprint density at radius 3 is 2.24 bits per heavy atom. The molecule has 4 rings (SSSR count). The molecule has 1 unspecified atom stereocenters. The molecule has 2 aromatic carbocycles. The van der Waals surface area contributed by atoms with E-state index in [0.29, 0.717) is 38.1 Å². The van der Waals surface area contributed by atoms with E-state index in [1.807, 2.05) is 68.7 Å². The maximum absolute atomic E-state index is 13.6. The number of allylic oxidation sites excluding steroid dienone is 1. The second kappa shape index (κ2) is 13.1. The van der Waals surface area contributed by atoms with Crippen LogP contribution in [0.3, 0.4) is 0 Å². The lowest BCUT2D eigenvalue weighted by atomic mass is 9.89. The Hall–Kier alpha value is -3.29. The van der Waals surface area contributed by atoms with Crippen molar-refractivity contribution in [1.29, 1.82) is 0 Å². The largest absolute Gasteiger partial charge is 0.640 e. The lowest BCUT2D eigenvalue weighted by molar-refractivity contribution is -0.376. The van der Waals surface area contributed by atoms with Crippen molar-refractivity contribution >= 4 is 17.7 Å². The van der Waals surface area contributed by atoms with E-state index in [4.69, 9.17) is 10.1 Å². The van der Waals surface area contributed by atoms with Crippen molar-refractivity contribution < 1.29 is 41.0 Å². The lowest BCUT2D eigenvalue weighted by Gasteiger charge is -2.46. The van der Waals surface area contributed by atoms with Gasteiger partial charge in [-0.15, -0.1) is 0 Å². The smallest absolute Gasteiger partial charge is 0.430 e. The average Bonchev–Trinajstić information content (AvgIpc) is 3.33. The number of benzene rings is 2. The SMILES string of the molecule is C/C=C\c1cc(C(O)(C(F)(F)F)C(F)(F)F)ccc1N1C[C@H](C)N(C(=O)CN2C[N-][C@](C)(c3ccc(OC(C)C)cc3)C2)CC1C. The van der Waals surface area contributed by atoms with Crippen LogP contribution in [0, 0.1) is 0 Å².